The molecule has 0 aliphatic carbocycles. The first-order chi connectivity index (χ1) is 11.5. The van der Waals surface area contributed by atoms with Crippen LogP contribution in [-0.2, 0) is 6.54 Å². The van der Waals surface area contributed by atoms with Crippen LogP contribution in [0.15, 0.2) is 58.1 Å². The van der Waals surface area contributed by atoms with E-state index in [9.17, 15) is 14.9 Å². The van der Waals surface area contributed by atoms with Crippen LogP contribution in [0.4, 0.5) is 5.69 Å². The molecule has 0 aliphatic heterocycles. The standard InChI is InChI=1S/C16H12BrN3O4/c17-11-2-1-3-13(8-11)24-7-6-19-10-18-15-5-4-12(20(22)23)9-14(15)16(19)21/h1-5,8-10H,6-7H2. The molecular weight excluding hydrogens is 378 g/mol. The summed E-state index contributed by atoms with van der Waals surface area (Å²) in [6.45, 7) is 0.565. The second kappa shape index (κ2) is 6.79. The minimum absolute atomic E-state index is 0.135. The molecule has 0 N–H and O–H groups in total. The third-order valence-corrected chi connectivity index (χ3v) is 3.91. The molecule has 2 aromatic carbocycles. The van der Waals surface area contributed by atoms with Crippen LogP contribution in [0.2, 0.25) is 0 Å². The van der Waals surface area contributed by atoms with Crippen molar-refractivity contribution >= 4 is 32.5 Å². The molecule has 7 nitrogen and oxygen atoms in total. The summed E-state index contributed by atoms with van der Waals surface area (Å²) in [7, 11) is 0. The number of hydrogen-bond donors (Lipinski definition) is 0. The van der Waals surface area contributed by atoms with E-state index >= 15 is 0 Å². The Morgan fingerprint density at radius 2 is 2.08 bits per heavy atom. The molecular formula is C16H12BrN3O4. The molecule has 0 fully saturated rings. The molecule has 122 valence electrons. The van der Waals surface area contributed by atoms with Crippen LogP contribution in [0.1, 0.15) is 0 Å². The number of non-ortho nitro benzene ring substituents is 1. The molecule has 0 spiro atoms. The average Bonchev–Trinajstić information content (AvgIpc) is 2.57. The lowest BCUT2D eigenvalue weighted by atomic mass is 10.2. The Labute approximate surface area is 144 Å². The van der Waals surface area contributed by atoms with Gasteiger partial charge in [0, 0.05) is 16.6 Å². The molecule has 0 saturated carbocycles. The minimum Gasteiger partial charge on any atom is -0.492 e. The van der Waals surface area contributed by atoms with Crippen molar-refractivity contribution in [2.75, 3.05) is 6.61 Å². The highest BCUT2D eigenvalue weighted by atomic mass is 79.9. The molecule has 0 aliphatic rings. The second-order valence-electron chi connectivity index (χ2n) is 5.01. The first-order valence-electron chi connectivity index (χ1n) is 7.06. The SMILES string of the molecule is O=c1c2cc([N+](=O)[O-])ccc2ncn1CCOc1cccc(Br)c1. The predicted molar refractivity (Wildman–Crippen MR) is 92.3 cm³/mol. The topological polar surface area (TPSA) is 87.3 Å². The van der Waals surface area contributed by atoms with Crippen molar-refractivity contribution in [1.29, 1.82) is 0 Å². The van der Waals surface area contributed by atoms with Gasteiger partial charge in [-0.3, -0.25) is 19.5 Å². The van der Waals surface area contributed by atoms with Crippen molar-refractivity contribution in [3.8, 4) is 5.75 Å². The minimum atomic E-state index is -0.535. The summed E-state index contributed by atoms with van der Waals surface area (Å²) < 4.78 is 7.87. The third-order valence-electron chi connectivity index (χ3n) is 3.42. The number of benzene rings is 2. The van der Waals surface area contributed by atoms with E-state index < -0.39 is 4.92 Å². The lowest BCUT2D eigenvalue weighted by Gasteiger charge is -2.09. The van der Waals surface area contributed by atoms with E-state index in [0.29, 0.717) is 11.3 Å². The van der Waals surface area contributed by atoms with Gasteiger partial charge in [-0.15, -0.1) is 0 Å². The molecule has 1 heterocycles. The van der Waals surface area contributed by atoms with Crippen LogP contribution in [0.25, 0.3) is 10.9 Å². The van der Waals surface area contributed by atoms with Gasteiger partial charge in [0.05, 0.1) is 28.7 Å². The molecule has 24 heavy (non-hydrogen) atoms. The van der Waals surface area contributed by atoms with Crippen molar-refractivity contribution in [3.05, 3.63) is 73.7 Å². The van der Waals surface area contributed by atoms with Crippen LogP contribution >= 0.6 is 15.9 Å². The van der Waals surface area contributed by atoms with E-state index in [1.54, 1.807) is 0 Å². The molecule has 0 atom stereocenters. The number of nitro benzene ring substituents is 1. The average molecular weight is 390 g/mol. The molecule has 0 bridgehead atoms. The molecule has 3 rings (SSSR count). The summed E-state index contributed by atoms with van der Waals surface area (Å²) in [6.07, 6.45) is 1.42. The Balaban J connectivity index is 1.80. The van der Waals surface area contributed by atoms with Crippen LogP contribution in [0.3, 0.4) is 0 Å². The van der Waals surface area contributed by atoms with Crippen molar-refractivity contribution in [3.63, 3.8) is 0 Å². The van der Waals surface area contributed by atoms with Crippen LogP contribution < -0.4 is 10.3 Å². The lowest BCUT2D eigenvalue weighted by Crippen LogP contribution is -2.23. The molecule has 0 unspecified atom stereocenters. The number of ether oxygens (including phenoxy) is 1. The summed E-state index contributed by atoms with van der Waals surface area (Å²) in [5, 5.41) is 11.1. The first kappa shape index (κ1) is 16.1. The Morgan fingerprint density at radius 1 is 1.25 bits per heavy atom. The Kier molecular flexibility index (Phi) is 4.57. The number of nitrogens with zero attached hydrogens (tertiary/aromatic N) is 3. The highest BCUT2D eigenvalue weighted by Gasteiger charge is 2.10. The fraction of sp³-hybridized carbons (Fsp3) is 0.125. The summed E-state index contributed by atoms with van der Waals surface area (Å²) in [5.41, 5.74) is -0.0409. The summed E-state index contributed by atoms with van der Waals surface area (Å²) in [5.74, 6) is 0.682. The van der Waals surface area contributed by atoms with Gasteiger partial charge in [0.25, 0.3) is 11.2 Å². The van der Waals surface area contributed by atoms with Crippen molar-refractivity contribution < 1.29 is 9.66 Å². The van der Waals surface area contributed by atoms with Gasteiger partial charge >= 0.3 is 0 Å². The summed E-state index contributed by atoms with van der Waals surface area (Å²) in [4.78, 5) is 26.9. The third kappa shape index (κ3) is 3.43. The zero-order valence-corrected chi connectivity index (χ0v) is 14.0. The number of rotatable bonds is 5. The molecule has 0 amide bonds. The highest BCUT2D eigenvalue weighted by molar-refractivity contribution is 9.10. The van der Waals surface area contributed by atoms with Crippen molar-refractivity contribution in [1.82, 2.24) is 9.55 Å². The van der Waals surface area contributed by atoms with E-state index in [-0.39, 0.29) is 29.8 Å². The van der Waals surface area contributed by atoms with Crippen LogP contribution in [-0.4, -0.2) is 21.1 Å². The predicted octanol–water partition coefficient (Wildman–Crippen LogP) is 3.15. The van der Waals surface area contributed by atoms with Gasteiger partial charge in [0.1, 0.15) is 12.4 Å². The van der Waals surface area contributed by atoms with Gasteiger partial charge in [0.15, 0.2) is 0 Å². The summed E-state index contributed by atoms with van der Waals surface area (Å²) in [6, 6.07) is 11.4. The van der Waals surface area contributed by atoms with Gasteiger partial charge < -0.3 is 4.74 Å². The lowest BCUT2D eigenvalue weighted by molar-refractivity contribution is -0.384. The Bertz CT molecular complexity index is 971. The van der Waals surface area contributed by atoms with Gasteiger partial charge in [-0.05, 0) is 24.3 Å². The molecule has 3 aromatic rings. The van der Waals surface area contributed by atoms with E-state index in [4.69, 9.17) is 4.74 Å². The number of halogens is 1. The first-order valence-corrected chi connectivity index (χ1v) is 7.86. The largest absolute Gasteiger partial charge is 0.492 e. The molecule has 0 saturated heterocycles. The quantitative estimate of drug-likeness (QED) is 0.494. The van der Waals surface area contributed by atoms with Crippen LogP contribution in [0.5, 0.6) is 5.75 Å². The van der Waals surface area contributed by atoms with E-state index in [0.717, 1.165) is 4.47 Å². The number of hydrogen-bond acceptors (Lipinski definition) is 5. The number of aromatic nitrogens is 2. The van der Waals surface area contributed by atoms with Gasteiger partial charge in [-0.2, -0.15) is 0 Å². The van der Waals surface area contributed by atoms with Gasteiger partial charge in [0.2, 0.25) is 0 Å². The maximum atomic E-state index is 12.4. The zero-order valence-electron chi connectivity index (χ0n) is 12.4. The van der Waals surface area contributed by atoms with Gasteiger partial charge in [-0.1, -0.05) is 22.0 Å². The maximum Gasteiger partial charge on any atom is 0.270 e. The summed E-state index contributed by atoms with van der Waals surface area (Å²) >= 11 is 3.36. The normalized spacial score (nSPS) is 10.7. The smallest absolute Gasteiger partial charge is 0.270 e. The Hall–Kier alpha value is -2.74. The van der Waals surface area contributed by atoms with Crippen molar-refractivity contribution in [2.45, 2.75) is 6.54 Å². The fourth-order valence-corrected chi connectivity index (χ4v) is 2.62. The fourth-order valence-electron chi connectivity index (χ4n) is 2.24. The molecule has 8 heteroatoms. The monoisotopic (exact) mass is 389 g/mol. The zero-order chi connectivity index (χ0) is 17.1. The Morgan fingerprint density at radius 3 is 2.83 bits per heavy atom. The maximum absolute atomic E-state index is 12.4. The molecule has 0 radical (unpaired) electrons. The van der Waals surface area contributed by atoms with Crippen LogP contribution in [0, 0.1) is 10.1 Å². The number of fused-ring (bicyclic) bond motifs is 1. The van der Waals surface area contributed by atoms with E-state index in [1.807, 2.05) is 24.3 Å². The highest BCUT2D eigenvalue weighted by Crippen LogP contribution is 2.18. The van der Waals surface area contributed by atoms with E-state index in [2.05, 4.69) is 20.9 Å². The van der Waals surface area contributed by atoms with E-state index in [1.165, 1.54) is 29.1 Å². The number of nitro groups is 1. The molecule has 1 aromatic heterocycles. The van der Waals surface area contributed by atoms with Gasteiger partial charge in [-0.25, -0.2) is 4.98 Å². The van der Waals surface area contributed by atoms with Crippen molar-refractivity contribution in [2.24, 2.45) is 0 Å². The second-order valence-corrected chi connectivity index (χ2v) is 5.92.